The van der Waals surface area contributed by atoms with Gasteiger partial charge in [0, 0.05) is 5.69 Å². The molecule has 35 heavy (non-hydrogen) atoms. The lowest BCUT2D eigenvalue weighted by molar-refractivity contribution is -0.141. The molecule has 0 aliphatic rings. The zero-order valence-electron chi connectivity index (χ0n) is 18.9. The topological polar surface area (TPSA) is 96.4 Å². The van der Waals surface area contributed by atoms with Crippen molar-refractivity contribution in [3.8, 4) is 23.0 Å². The van der Waals surface area contributed by atoms with E-state index >= 15 is 0 Å². The average Bonchev–Trinajstić information content (AvgIpc) is 3.42. The highest BCUT2D eigenvalue weighted by atomic mass is 19.4. The highest BCUT2D eigenvalue weighted by Crippen LogP contribution is 2.30. The van der Waals surface area contributed by atoms with Crippen LogP contribution in [0.5, 0.6) is 5.88 Å². The Morgan fingerprint density at radius 3 is 2.46 bits per heavy atom. The van der Waals surface area contributed by atoms with Crippen molar-refractivity contribution >= 4 is 11.2 Å². The summed E-state index contributed by atoms with van der Waals surface area (Å²) in [6.07, 6.45) is 0.212. The van der Waals surface area contributed by atoms with Crippen molar-refractivity contribution in [3.05, 3.63) is 71.8 Å². The summed E-state index contributed by atoms with van der Waals surface area (Å²) in [4.78, 5) is 21.8. The summed E-state index contributed by atoms with van der Waals surface area (Å²) in [5.41, 5.74) is 3.43. The van der Waals surface area contributed by atoms with Gasteiger partial charge in [0.2, 0.25) is 5.88 Å². The van der Waals surface area contributed by atoms with Crippen molar-refractivity contribution in [1.82, 2.24) is 39.3 Å². The van der Waals surface area contributed by atoms with E-state index in [4.69, 9.17) is 4.74 Å². The molecule has 9 nitrogen and oxygen atoms in total. The van der Waals surface area contributed by atoms with Crippen molar-refractivity contribution in [3.63, 3.8) is 0 Å². The SMILES string of the molecule is COc1ncnc(C)c1-c1ncc2ncn(Cc3ccc(-n4nc(C(F)(F)F)cc4C)cc3)c2n1. The average molecular weight is 480 g/mol. The lowest BCUT2D eigenvalue weighted by Gasteiger charge is -2.10. The summed E-state index contributed by atoms with van der Waals surface area (Å²) in [6, 6.07) is 8.14. The Bertz CT molecular complexity index is 1520. The summed E-state index contributed by atoms with van der Waals surface area (Å²) in [5, 5.41) is 3.70. The van der Waals surface area contributed by atoms with Gasteiger partial charge in [0.1, 0.15) is 17.4 Å². The van der Waals surface area contributed by atoms with Crippen LogP contribution < -0.4 is 4.74 Å². The van der Waals surface area contributed by atoms with Gasteiger partial charge in [-0.1, -0.05) is 12.1 Å². The van der Waals surface area contributed by atoms with Gasteiger partial charge in [0.25, 0.3) is 0 Å². The number of hydrogen-bond donors (Lipinski definition) is 0. The number of aryl methyl sites for hydroxylation is 2. The molecule has 0 saturated carbocycles. The van der Waals surface area contributed by atoms with Crippen molar-refractivity contribution in [1.29, 1.82) is 0 Å². The molecule has 0 bridgehead atoms. The predicted molar refractivity (Wildman–Crippen MR) is 120 cm³/mol. The van der Waals surface area contributed by atoms with Gasteiger partial charge in [-0.3, -0.25) is 0 Å². The molecule has 0 aliphatic heterocycles. The Balaban J connectivity index is 1.45. The lowest BCUT2D eigenvalue weighted by Crippen LogP contribution is -2.07. The van der Waals surface area contributed by atoms with Crippen molar-refractivity contribution in [2.24, 2.45) is 0 Å². The number of alkyl halides is 3. The molecule has 1 aromatic carbocycles. The van der Waals surface area contributed by atoms with E-state index in [1.807, 2.05) is 23.6 Å². The molecule has 12 heteroatoms. The fourth-order valence-corrected chi connectivity index (χ4v) is 3.77. The fourth-order valence-electron chi connectivity index (χ4n) is 3.77. The van der Waals surface area contributed by atoms with Gasteiger partial charge in [0.05, 0.1) is 37.6 Å². The second-order valence-corrected chi connectivity index (χ2v) is 7.87. The van der Waals surface area contributed by atoms with E-state index in [1.165, 1.54) is 18.1 Å². The Labute approximate surface area is 197 Å². The first-order valence-electron chi connectivity index (χ1n) is 10.5. The number of benzene rings is 1. The van der Waals surface area contributed by atoms with Gasteiger partial charge in [-0.25, -0.2) is 29.6 Å². The summed E-state index contributed by atoms with van der Waals surface area (Å²) in [5.74, 6) is 0.792. The molecule has 0 amide bonds. The third-order valence-corrected chi connectivity index (χ3v) is 5.49. The third kappa shape index (κ3) is 4.18. The fraction of sp³-hybridized carbons (Fsp3) is 0.217. The van der Waals surface area contributed by atoms with Crippen molar-refractivity contribution in [2.75, 3.05) is 7.11 Å². The molecule has 4 aromatic heterocycles. The van der Waals surface area contributed by atoms with Crippen LogP contribution in [0.2, 0.25) is 0 Å². The van der Waals surface area contributed by atoms with E-state index in [2.05, 4.69) is 30.0 Å². The smallest absolute Gasteiger partial charge is 0.435 e. The van der Waals surface area contributed by atoms with Crippen LogP contribution in [0.3, 0.4) is 0 Å². The van der Waals surface area contributed by atoms with E-state index in [9.17, 15) is 13.2 Å². The first kappa shape index (κ1) is 22.4. The predicted octanol–water partition coefficient (Wildman–Crippen LogP) is 4.16. The second kappa shape index (κ2) is 8.46. The van der Waals surface area contributed by atoms with Crippen molar-refractivity contribution in [2.45, 2.75) is 26.6 Å². The molecule has 0 saturated heterocycles. The van der Waals surface area contributed by atoms with Crippen LogP contribution >= 0.6 is 0 Å². The van der Waals surface area contributed by atoms with Crippen LogP contribution in [-0.4, -0.2) is 46.4 Å². The van der Waals surface area contributed by atoms with E-state index in [0.29, 0.717) is 52.1 Å². The number of hydrogen-bond acceptors (Lipinski definition) is 7. The van der Waals surface area contributed by atoms with Crippen LogP contribution in [0, 0.1) is 13.8 Å². The minimum Gasteiger partial charge on any atom is -0.480 e. The first-order chi connectivity index (χ1) is 16.7. The van der Waals surface area contributed by atoms with E-state index in [0.717, 1.165) is 11.6 Å². The third-order valence-electron chi connectivity index (χ3n) is 5.49. The molecule has 4 heterocycles. The van der Waals surface area contributed by atoms with Gasteiger partial charge in [0.15, 0.2) is 17.2 Å². The van der Waals surface area contributed by atoms with Crippen LogP contribution in [0.4, 0.5) is 13.2 Å². The minimum atomic E-state index is -4.49. The number of ether oxygens (including phenoxy) is 1. The zero-order chi connectivity index (χ0) is 24.7. The second-order valence-electron chi connectivity index (χ2n) is 7.87. The summed E-state index contributed by atoms with van der Waals surface area (Å²) < 4.78 is 47.5. The van der Waals surface area contributed by atoms with E-state index < -0.39 is 11.9 Å². The molecule has 0 spiro atoms. The quantitative estimate of drug-likeness (QED) is 0.373. The van der Waals surface area contributed by atoms with Crippen molar-refractivity contribution < 1.29 is 17.9 Å². The normalized spacial score (nSPS) is 11.8. The molecule has 0 unspecified atom stereocenters. The Kier molecular flexibility index (Phi) is 5.42. The Morgan fingerprint density at radius 1 is 1.00 bits per heavy atom. The standard InChI is InChI=1S/C23H19F3N8O/c1-13-8-18(23(24,25)26)32-34(13)16-6-4-15(5-7-16)10-33-12-30-17-9-27-20(31-21(17)33)19-14(2)28-11-29-22(19)35-3/h4-9,11-12H,10H2,1-3H3. The maximum atomic E-state index is 13.0. The molecule has 5 rings (SSSR count). The Hall–Kier alpha value is -4.35. The summed E-state index contributed by atoms with van der Waals surface area (Å²) >= 11 is 0. The van der Waals surface area contributed by atoms with Crippen LogP contribution in [0.15, 0.2) is 49.2 Å². The van der Waals surface area contributed by atoms with Gasteiger partial charge >= 0.3 is 6.18 Å². The van der Waals surface area contributed by atoms with Gasteiger partial charge in [-0.2, -0.15) is 18.3 Å². The molecule has 0 N–H and O–H groups in total. The highest BCUT2D eigenvalue weighted by Gasteiger charge is 2.34. The van der Waals surface area contributed by atoms with E-state index in [1.54, 1.807) is 31.6 Å². The molecule has 0 aliphatic carbocycles. The molecule has 178 valence electrons. The largest absolute Gasteiger partial charge is 0.480 e. The molecular formula is C23H19F3N8O. The molecule has 0 atom stereocenters. The van der Waals surface area contributed by atoms with Crippen LogP contribution in [0.25, 0.3) is 28.2 Å². The maximum absolute atomic E-state index is 13.0. The van der Waals surface area contributed by atoms with Gasteiger partial charge in [-0.05, 0) is 37.6 Å². The van der Waals surface area contributed by atoms with Crippen LogP contribution in [-0.2, 0) is 12.7 Å². The number of rotatable bonds is 5. The number of fused-ring (bicyclic) bond motifs is 1. The van der Waals surface area contributed by atoms with Gasteiger partial charge < -0.3 is 9.30 Å². The zero-order valence-corrected chi connectivity index (χ0v) is 18.9. The molecular weight excluding hydrogens is 461 g/mol. The number of nitrogens with zero attached hydrogens (tertiary/aromatic N) is 8. The minimum absolute atomic E-state index is 0.376. The molecule has 0 radical (unpaired) electrons. The Morgan fingerprint density at radius 2 is 1.77 bits per heavy atom. The number of imidazole rings is 1. The molecule has 0 fully saturated rings. The monoisotopic (exact) mass is 480 g/mol. The van der Waals surface area contributed by atoms with Gasteiger partial charge in [-0.15, -0.1) is 0 Å². The summed E-state index contributed by atoms with van der Waals surface area (Å²) in [6.45, 7) is 3.85. The lowest BCUT2D eigenvalue weighted by atomic mass is 10.2. The first-order valence-corrected chi connectivity index (χ1v) is 10.5. The van der Waals surface area contributed by atoms with Crippen LogP contribution in [0.1, 0.15) is 22.6 Å². The number of methoxy groups -OCH3 is 1. The highest BCUT2D eigenvalue weighted by molar-refractivity contribution is 5.74. The molecule has 5 aromatic rings. The summed E-state index contributed by atoms with van der Waals surface area (Å²) in [7, 11) is 1.52. The van der Waals surface area contributed by atoms with E-state index in [-0.39, 0.29) is 0 Å². The maximum Gasteiger partial charge on any atom is 0.435 e. The number of halogens is 3. The number of aromatic nitrogens is 8.